The number of rotatable bonds is 55. The van der Waals surface area contributed by atoms with E-state index in [0.717, 1.165) is 63.7 Å². The van der Waals surface area contributed by atoms with E-state index in [0.29, 0.717) is 19.3 Å². The Bertz CT molecular complexity index is 996. The molecule has 0 heterocycles. The molecule has 0 fully saturated rings. The van der Waals surface area contributed by atoms with Crippen LogP contribution < -0.4 is 0 Å². The maximum Gasteiger partial charge on any atom is 0.306 e. The van der Waals surface area contributed by atoms with E-state index in [-0.39, 0.29) is 31.1 Å². The quantitative estimate of drug-likeness (QED) is 0.0343. The third-order valence-electron chi connectivity index (χ3n) is 13.8. The van der Waals surface area contributed by atoms with Gasteiger partial charge in [0, 0.05) is 19.3 Å². The van der Waals surface area contributed by atoms with Crippen LogP contribution in [-0.4, -0.2) is 37.2 Å². The number of hydrogen-bond acceptors (Lipinski definition) is 6. The number of carbonyl (C=O) groups excluding carboxylic acids is 3. The van der Waals surface area contributed by atoms with E-state index in [1.54, 1.807) is 0 Å². The first kappa shape index (κ1) is 64.4. The van der Waals surface area contributed by atoms with Crippen molar-refractivity contribution in [2.45, 2.75) is 348 Å². The van der Waals surface area contributed by atoms with Gasteiger partial charge < -0.3 is 14.2 Å². The lowest BCUT2D eigenvalue weighted by Gasteiger charge is -2.18. The summed E-state index contributed by atoms with van der Waals surface area (Å²) in [5, 5.41) is 0. The van der Waals surface area contributed by atoms with Crippen molar-refractivity contribution in [2.75, 3.05) is 13.2 Å². The molecule has 0 saturated heterocycles. The Labute approximate surface area is 412 Å². The number of ether oxygens (including phenoxy) is 3. The van der Waals surface area contributed by atoms with Gasteiger partial charge in [-0.05, 0) is 25.2 Å². The Hall–Kier alpha value is -1.59. The molecule has 0 aromatic heterocycles. The normalized spacial score (nSPS) is 12.0. The highest BCUT2D eigenvalue weighted by molar-refractivity contribution is 5.71. The predicted octanol–water partition coefficient (Wildman–Crippen LogP) is 19.8. The van der Waals surface area contributed by atoms with Crippen LogP contribution in [0.3, 0.4) is 0 Å². The van der Waals surface area contributed by atoms with Gasteiger partial charge in [-0.2, -0.15) is 0 Å². The van der Waals surface area contributed by atoms with Gasteiger partial charge in [0.1, 0.15) is 13.2 Å². The van der Waals surface area contributed by atoms with Crippen LogP contribution in [0.4, 0.5) is 0 Å². The van der Waals surface area contributed by atoms with E-state index in [4.69, 9.17) is 14.2 Å². The van der Waals surface area contributed by atoms with E-state index in [1.165, 1.54) is 238 Å². The predicted molar refractivity (Wildman–Crippen MR) is 284 cm³/mol. The molecule has 6 heteroatoms. The zero-order valence-corrected chi connectivity index (χ0v) is 45.2. The molecule has 0 N–H and O–H groups in total. The smallest absolute Gasteiger partial charge is 0.306 e. The third kappa shape index (κ3) is 53.4. The first-order chi connectivity index (χ1) is 32.4. The molecule has 0 saturated carbocycles. The topological polar surface area (TPSA) is 78.9 Å². The van der Waals surface area contributed by atoms with Crippen molar-refractivity contribution in [2.24, 2.45) is 5.92 Å². The molecule has 0 aromatic rings. The summed E-state index contributed by atoms with van der Waals surface area (Å²) in [6, 6.07) is 0. The molecule has 0 aliphatic rings. The third-order valence-corrected chi connectivity index (χ3v) is 13.8. The van der Waals surface area contributed by atoms with Crippen LogP contribution in [0.1, 0.15) is 342 Å². The summed E-state index contributed by atoms with van der Waals surface area (Å²) in [5.41, 5.74) is 0. The summed E-state index contributed by atoms with van der Waals surface area (Å²) >= 11 is 0. The van der Waals surface area contributed by atoms with Crippen LogP contribution in [-0.2, 0) is 28.6 Å². The van der Waals surface area contributed by atoms with Crippen LogP contribution in [0, 0.1) is 5.92 Å². The summed E-state index contributed by atoms with van der Waals surface area (Å²) in [6.45, 7) is 9.07. The van der Waals surface area contributed by atoms with Crippen molar-refractivity contribution < 1.29 is 28.6 Å². The maximum atomic E-state index is 12.8. The summed E-state index contributed by atoms with van der Waals surface area (Å²) in [7, 11) is 0. The van der Waals surface area contributed by atoms with Crippen LogP contribution in [0.2, 0.25) is 0 Å². The second kappa shape index (κ2) is 54.4. The molecule has 0 aliphatic carbocycles. The molecular weight excluding hydrogens is 817 g/mol. The highest BCUT2D eigenvalue weighted by atomic mass is 16.6. The number of hydrogen-bond donors (Lipinski definition) is 0. The zero-order chi connectivity index (χ0) is 48.1. The minimum absolute atomic E-state index is 0.0617. The lowest BCUT2D eigenvalue weighted by Crippen LogP contribution is -2.30. The fourth-order valence-corrected chi connectivity index (χ4v) is 9.28. The molecule has 66 heavy (non-hydrogen) atoms. The van der Waals surface area contributed by atoms with Crippen molar-refractivity contribution in [1.82, 2.24) is 0 Å². The Morgan fingerprint density at radius 3 is 0.742 bits per heavy atom. The van der Waals surface area contributed by atoms with Gasteiger partial charge in [0.15, 0.2) is 6.10 Å². The van der Waals surface area contributed by atoms with E-state index < -0.39 is 6.10 Å². The first-order valence-electron chi connectivity index (χ1n) is 29.9. The SMILES string of the molecule is CCCCCCCCCCCCCCCCCCC(=O)OC[C@@H](COC(=O)CCCCCCCCCCCCCCCCCCCCC(C)C)OC(=O)CCCCCCCCCCCCC. The fraction of sp³-hybridized carbons (Fsp3) is 0.950. The molecule has 1 atom stereocenters. The molecule has 0 bridgehead atoms. The van der Waals surface area contributed by atoms with Gasteiger partial charge in [-0.3, -0.25) is 14.4 Å². The maximum absolute atomic E-state index is 12.8. The summed E-state index contributed by atoms with van der Waals surface area (Å²) in [6.07, 6.45) is 59.6. The number of esters is 3. The largest absolute Gasteiger partial charge is 0.462 e. The van der Waals surface area contributed by atoms with Crippen molar-refractivity contribution >= 4 is 17.9 Å². The van der Waals surface area contributed by atoms with Gasteiger partial charge in [0.05, 0.1) is 0 Å². The molecule has 0 unspecified atom stereocenters. The Balaban J connectivity index is 4.20. The molecule has 0 amide bonds. The van der Waals surface area contributed by atoms with Crippen LogP contribution in [0.25, 0.3) is 0 Å². The molecular formula is C60H116O6. The second-order valence-electron chi connectivity index (χ2n) is 21.1. The fourth-order valence-electron chi connectivity index (χ4n) is 9.28. The van der Waals surface area contributed by atoms with Crippen molar-refractivity contribution in [3.05, 3.63) is 0 Å². The first-order valence-corrected chi connectivity index (χ1v) is 29.9. The summed E-state index contributed by atoms with van der Waals surface area (Å²) in [5.74, 6) is 0.0251. The van der Waals surface area contributed by atoms with Gasteiger partial charge in [0.2, 0.25) is 0 Å². The van der Waals surface area contributed by atoms with Gasteiger partial charge in [-0.1, -0.05) is 304 Å². The van der Waals surface area contributed by atoms with Crippen LogP contribution in [0.15, 0.2) is 0 Å². The molecule has 392 valence electrons. The second-order valence-corrected chi connectivity index (χ2v) is 21.1. The minimum atomic E-state index is -0.761. The average Bonchev–Trinajstić information content (AvgIpc) is 3.30. The highest BCUT2D eigenvalue weighted by Crippen LogP contribution is 2.18. The van der Waals surface area contributed by atoms with E-state index in [9.17, 15) is 14.4 Å². The molecule has 0 aromatic carbocycles. The van der Waals surface area contributed by atoms with Crippen molar-refractivity contribution in [3.63, 3.8) is 0 Å². The Morgan fingerprint density at radius 1 is 0.288 bits per heavy atom. The molecule has 6 nitrogen and oxygen atoms in total. The molecule has 0 spiro atoms. The summed E-state index contributed by atoms with van der Waals surface area (Å²) < 4.78 is 16.9. The van der Waals surface area contributed by atoms with E-state index in [1.807, 2.05) is 0 Å². The Kier molecular flexibility index (Phi) is 53.0. The van der Waals surface area contributed by atoms with Gasteiger partial charge >= 0.3 is 17.9 Å². The van der Waals surface area contributed by atoms with Crippen LogP contribution >= 0.6 is 0 Å². The lowest BCUT2D eigenvalue weighted by atomic mass is 10.0. The zero-order valence-electron chi connectivity index (χ0n) is 45.2. The highest BCUT2D eigenvalue weighted by Gasteiger charge is 2.19. The van der Waals surface area contributed by atoms with Gasteiger partial charge in [0.25, 0.3) is 0 Å². The monoisotopic (exact) mass is 933 g/mol. The summed E-state index contributed by atoms with van der Waals surface area (Å²) in [4.78, 5) is 38.1. The van der Waals surface area contributed by atoms with Crippen LogP contribution in [0.5, 0.6) is 0 Å². The lowest BCUT2D eigenvalue weighted by molar-refractivity contribution is -0.167. The molecule has 0 radical (unpaired) electrons. The number of carbonyl (C=O) groups is 3. The average molecular weight is 934 g/mol. The van der Waals surface area contributed by atoms with Gasteiger partial charge in [-0.25, -0.2) is 0 Å². The molecule has 0 aliphatic heterocycles. The number of unbranched alkanes of at least 4 members (excludes halogenated alkanes) is 42. The van der Waals surface area contributed by atoms with Gasteiger partial charge in [-0.15, -0.1) is 0 Å². The molecule has 0 rings (SSSR count). The Morgan fingerprint density at radius 2 is 0.500 bits per heavy atom. The van der Waals surface area contributed by atoms with E-state index >= 15 is 0 Å². The van der Waals surface area contributed by atoms with Crippen molar-refractivity contribution in [3.8, 4) is 0 Å². The van der Waals surface area contributed by atoms with Crippen molar-refractivity contribution in [1.29, 1.82) is 0 Å². The minimum Gasteiger partial charge on any atom is -0.462 e. The van der Waals surface area contributed by atoms with E-state index in [2.05, 4.69) is 27.7 Å². The standard InChI is InChI=1S/C60H116O6/c1-5-7-9-11-13-15-17-18-19-25-28-32-35-39-43-47-51-58(61)64-54-57(66-60(63)53-49-45-41-37-30-16-14-12-10-8-6-2)55-65-59(62)52-48-44-40-36-33-29-26-23-21-20-22-24-27-31-34-38-42-46-50-56(3)4/h56-57H,5-55H2,1-4H3/t57-/m0/s1.